The highest BCUT2D eigenvalue weighted by atomic mass is 32.2. The molecule has 0 aliphatic rings. The van der Waals surface area contributed by atoms with Crippen molar-refractivity contribution in [3.63, 3.8) is 0 Å². The molecule has 7 heteroatoms. The fourth-order valence-corrected chi connectivity index (χ4v) is 3.05. The van der Waals surface area contributed by atoms with Crippen LogP contribution in [0.4, 0.5) is 4.39 Å². The van der Waals surface area contributed by atoms with Gasteiger partial charge in [-0.15, -0.1) is 11.8 Å². The lowest BCUT2D eigenvalue weighted by Gasteiger charge is -2.07. The fraction of sp³-hybridized carbons (Fsp3) is 0.333. The van der Waals surface area contributed by atoms with Crippen LogP contribution in [0.25, 0.3) is 0 Å². The SMILES string of the molecule is Cc1cc(C(=O)NCC(=O)NCCCSc2ccc(F)cc2)c(C)o1. The Balaban J connectivity index is 1.60. The average Bonchev–Trinajstić information content (AvgIpc) is 2.92. The number of hydrogen-bond donors (Lipinski definition) is 2. The summed E-state index contributed by atoms with van der Waals surface area (Å²) in [5.41, 5.74) is 0.445. The van der Waals surface area contributed by atoms with E-state index in [2.05, 4.69) is 10.6 Å². The Morgan fingerprint density at radius 2 is 1.88 bits per heavy atom. The second-order valence-corrected chi connectivity index (χ2v) is 6.68. The zero-order valence-corrected chi connectivity index (χ0v) is 15.0. The molecule has 1 aromatic heterocycles. The van der Waals surface area contributed by atoms with Gasteiger partial charge in [-0.3, -0.25) is 9.59 Å². The number of hydrogen-bond acceptors (Lipinski definition) is 4. The van der Waals surface area contributed by atoms with Gasteiger partial charge in [-0.2, -0.15) is 0 Å². The number of nitrogens with one attached hydrogen (secondary N) is 2. The summed E-state index contributed by atoms with van der Waals surface area (Å²) in [6.07, 6.45) is 0.780. The van der Waals surface area contributed by atoms with Crippen LogP contribution >= 0.6 is 11.8 Å². The zero-order chi connectivity index (χ0) is 18.2. The first-order valence-electron chi connectivity index (χ1n) is 7.96. The highest BCUT2D eigenvalue weighted by Crippen LogP contribution is 2.18. The van der Waals surface area contributed by atoms with Gasteiger partial charge in [0.1, 0.15) is 17.3 Å². The Kier molecular flexibility index (Phi) is 7.06. The first kappa shape index (κ1) is 19.1. The van der Waals surface area contributed by atoms with Crippen molar-refractivity contribution in [2.24, 2.45) is 0 Å². The van der Waals surface area contributed by atoms with Crippen LogP contribution in [-0.2, 0) is 4.79 Å². The maximum absolute atomic E-state index is 12.8. The summed E-state index contributed by atoms with van der Waals surface area (Å²) < 4.78 is 18.1. The Hall–Kier alpha value is -2.28. The molecule has 0 fully saturated rings. The molecule has 2 rings (SSSR count). The molecule has 1 heterocycles. The second kappa shape index (κ2) is 9.27. The molecule has 0 atom stereocenters. The van der Waals surface area contributed by atoms with Gasteiger partial charge in [-0.25, -0.2) is 4.39 Å². The van der Waals surface area contributed by atoms with Gasteiger partial charge in [-0.05, 0) is 56.4 Å². The molecule has 5 nitrogen and oxygen atoms in total. The quantitative estimate of drug-likeness (QED) is 0.558. The van der Waals surface area contributed by atoms with Gasteiger partial charge < -0.3 is 15.1 Å². The van der Waals surface area contributed by atoms with E-state index in [4.69, 9.17) is 4.42 Å². The van der Waals surface area contributed by atoms with E-state index in [1.54, 1.807) is 43.8 Å². The number of furan rings is 1. The molecule has 2 aromatic rings. The van der Waals surface area contributed by atoms with Crippen molar-refractivity contribution in [1.29, 1.82) is 0 Å². The number of rotatable bonds is 8. The van der Waals surface area contributed by atoms with E-state index >= 15 is 0 Å². The first-order chi connectivity index (χ1) is 12.0. The largest absolute Gasteiger partial charge is 0.466 e. The van der Waals surface area contributed by atoms with Crippen molar-refractivity contribution in [2.75, 3.05) is 18.8 Å². The van der Waals surface area contributed by atoms with Crippen LogP contribution in [0.15, 0.2) is 39.6 Å². The third-order valence-electron chi connectivity index (χ3n) is 3.42. The third-order valence-corrected chi connectivity index (χ3v) is 4.52. The predicted molar refractivity (Wildman–Crippen MR) is 95.3 cm³/mol. The number of aryl methyl sites for hydroxylation is 2. The minimum atomic E-state index is -0.323. The molecule has 0 radical (unpaired) electrons. The highest BCUT2D eigenvalue weighted by Gasteiger charge is 2.14. The molecule has 1 aromatic carbocycles. The van der Waals surface area contributed by atoms with Crippen LogP contribution in [0.1, 0.15) is 28.3 Å². The van der Waals surface area contributed by atoms with Crippen molar-refractivity contribution in [3.8, 4) is 0 Å². The van der Waals surface area contributed by atoms with Gasteiger partial charge in [0, 0.05) is 11.4 Å². The Morgan fingerprint density at radius 1 is 1.16 bits per heavy atom. The lowest BCUT2D eigenvalue weighted by molar-refractivity contribution is -0.120. The standard InChI is InChI=1S/C18H21FN2O3S/c1-12-10-16(13(2)24-12)18(23)21-11-17(22)20-8-3-9-25-15-6-4-14(19)5-7-15/h4-7,10H,3,8-9,11H2,1-2H3,(H,20,22)(H,21,23). The Morgan fingerprint density at radius 3 is 2.52 bits per heavy atom. The zero-order valence-electron chi connectivity index (χ0n) is 14.2. The molecule has 0 aliphatic heterocycles. The molecule has 0 saturated heterocycles. The van der Waals surface area contributed by atoms with E-state index in [9.17, 15) is 14.0 Å². The number of carbonyl (C=O) groups excluding carboxylic acids is 2. The van der Waals surface area contributed by atoms with Crippen molar-refractivity contribution >= 4 is 23.6 Å². The molecule has 134 valence electrons. The molecular weight excluding hydrogens is 343 g/mol. The number of benzene rings is 1. The van der Waals surface area contributed by atoms with E-state index in [1.807, 2.05) is 0 Å². The number of halogens is 1. The topological polar surface area (TPSA) is 71.3 Å². The van der Waals surface area contributed by atoms with Gasteiger partial charge in [0.15, 0.2) is 0 Å². The van der Waals surface area contributed by atoms with Crippen molar-refractivity contribution < 1.29 is 18.4 Å². The summed E-state index contributed by atoms with van der Waals surface area (Å²) in [5, 5.41) is 5.33. The molecule has 0 aliphatic carbocycles. The molecular formula is C18H21FN2O3S. The summed E-state index contributed by atoms with van der Waals surface area (Å²) in [7, 11) is 0. The lowest BCUT2D eigenvalue weighted by atomic mass is 10.2. The molecule has 0 spiro atoms. The Bertz CT molecular complexity index is 728. The maximum atomic E-state index is 12.8. The fourth-order valence-electron chi connectivity index (χ4n) is 2.20. The predicted octanol–water partition coefficient (Wildman–Crippen LogP) is 3.06. The minimum Gasteiger partial charge on any atom is -0.466 e. The molecule has 0 saturated carbocycles. The van der Waals surface area contributed by atoms with Crippen LogP contribution in [0.3, 0.4) is 0 Å². The van der Waals surface area contributed by atoms with Crippen molar-refractivity contribution in [1.82, 2.24) is 10.6 Å². The molecule has 2 N–H and O–H groups in total. The molecule has 2 amide bonds. The van der Waals surface area contributed by atoms with E-state index in [0.717, 1.165) is 17.1 Å². The molecule has 25 heavy (non-hydrogen) atoms. The second-order valence-electron chi connectivity index (χ2n) is 5.52. The summed E-state index contributed by atoms with van der Waals surface area (Å²) in [4.78, 5) is 24.7. The number of thioether (sulfide) groups is 1. The van der Waals surface area contributed by atoms with Crippen LogP contribution < -0.4 is 10.6 Å². The average molecular weight is 364 g/mol. The number of amides is 2. The van der Waals surface area contributed by atoms with E-state index in [-0.39, 0.29) is 24.2 Å². The van der Waals surface area contributed by atoms with E-state index in [1.165, 1.54) is 12.1 Å². The third kappa shape index (κ3) is 6.26. The summed E-state index contributed by atoms with van der Waals surface area (Å²) in [5.74, 6) is 1.19. The smallest absolute Gasteiger partial charge is 0.255 e. The monoisotopic (exact) mass is 364 g/mol. The summed E-state index contributed by atoms with van der Waals surface area (Å²) in [6.45, 7) is 3.92. The van der Waals surface area contributed by atoms with Crippen LogP contribution in [0.2, 0.25) is 0 Å². The van der Waals surface area contributed by atoms with Crippen LogP contribution in [0.5, 0.6) is 0 Å². The van der Waals surface area contributed by atoms with E-state index < -0.39 is 0 Å². The van der Waals surface area contributed by atoms with Gasteiger partial charge in [0.05, 0.1) is 12.1 Å². The highest BCUT2D eigenvalue weighted by molar-refractivity contribution is 7.99. The maximum Gasteiger partial charge on any atom is 0.255 e. The molecule has 0 bridgehead atoms. The number of carbonyl (C=O) groups is 2. The van der Waals surface area contributed by atoms with Gasteiger partial charge in [0.25, 0.3) is 5.91 Å². The lowest BCUT2D eigenvalue weighted by Crippen LogP contribution is -2.37. The van der Waals surface area contributed by atoms with Gasteiger partial charge in [-0.1, -0.05) is 0 Å². The van der Waals surface area contributed by atoms with Crippen molar-refractivity contribution in [2.45, 2.75) is 25.2 Å². The summed E-state index contributed by atoms with van der Waals surface area (Å²) >= 11 is 1.60. The molecule has 0 unspecified atom stereocenters. The minimum absolute atomic E-state index is 0.0758. The first-order valence-corrected chi connectivity index (χ1v) is 8.94. The van der Waals surface area contributed by atoms with Gasteiger partial charge >= 0.3 is 0 Å². The van der Waals surface area contributed by atoms with E-state index in [0.29, 0.717) is 23.6 Å². The van der Waals surface area contributed by atoms with Crippen LogP contribution in [-0.4, -0.2) is 30.7 Å². The van der Waals surface area contributed by atoms with Crippen molar-refractivity contribution in [3.05, 3.63) is 53.2 Å². The van der Waals surface area contributed by atoms with Gasteiger partial charge in [0.2, 0.25) is 5.91 Å². The van der Waals surface area contributed by atoms with Crippen LogP contribution in [0, 0.1) is 19.7 Å². The Labute approximate surface area is 150 Å². The summed E-state index contributed by atoms with van der Waals surface area (Å²) in [6, 6.07) is 7.96. The normalized spacial score (nSPS) is 10.5.